The quantitative estimate of drug-likeness (QED) is 0.409. The first-order chi connectivity index (χ1) is 7.63. The Morgan fingerprint density at radius 1 is 1.44 bits per heavy atom. The maximum atomic E-state index is 11.7. The van der Waals surface area contributed by atoms with E-state index in [-0.39, 0.29) is 12.1 Å². The lowest BCUT2D eigenvalue weighted by atomic mass is 10.0. The molecular weight excluding hydrogens is 206 g/mol. The Balaban J connectivity index is 2.48. The molecule has 1 aliphatic rings. The van der Waals surface area contributed by atoms with E-state index in [9.17, 15) is 9.59 Å². The summed E-state index contributed by atoms with van der Waals surface area (Å²) in [4.78, 5) is 25.5. The molecule has 1 rings (SSSR count). The Bertz CT molecular complexity index is 276. The summed E-state index contributed by atoms with van der Waals surface area (Å²) in [6.07, 6.45) is 6.13. The van der Waals surface area contributed by atoms with E-state index in [4.69, 9.17) is 4.74 Å². The van der Waals surface area contributed by atoms with Gasteiger partial charge in [0.15, 0.2) is 6.04 Å². The van der Waals surface area contributed by atoms with Crippen LogP contribution in [0.1, 0.15) is 46.0 Å². The normalized spacial score (nSPS) is 18.2. The number of nitrogens with zero attached hydrogens (tertiary/aromatic N) is 1. The number of isocyanates is 1. The van der Waals surface area contributed by atoms with Crippen LogP contribution < -0.4 is 0 Å². The second kappa shape index (κ2) is 6.44. The molecule has 0 bridgehead atoms. The monoisotopic (exact) mass is 225 g/mol. The highest BCUT2D eigenvalue weighted by molar-refractivity contribution is 5.77. The van der Waals surface area contributed by atoms with Crippen molar-refractivity contribution in [3.05, 3.63) is 0 Å². The number of hydrogen-bond donors (Lipinski definition) is 0. The van der Waals surface area contributed by atoms with Crippen LogP contribution in [0.2, 0.25) is 0 Å². The molecule has 0 aromatic carbocycles. The topological polar surface area (TPSA) is 55.7 Å². The maximum Gasteiger partial charge on any atom is 0.332 e. The molecule has 1 saturated carbocycles. The summed E-state index contributed by atoms with van der Waals surface area (Å²) < 4.78 is 5.32. The van der Waals surface area contributed by atoms with Crippen LogP contribution in [0.5, 0.6) is 0 Å². The van der Waals surface area contributed by atoms with Gasteiger partial charge in [-0.25, -0.2) is 9.59 Å². The lowest BCUT2D eigenvalue weighted by Gasteiger charge is -2.16. The third-order valence-corrected chi connectivity index (χ3v) is 2.76. The number of hydrogen-bond acceptors (Lipinski definition) is 4. The van der Waals surface area contributed by atoms with Crippen LogP contribution in [-0.2, 0) is 14.3 Å². The molecular formula is C12H19NO3. The van der Waals surface area contributed by atoms with E-state index in [2.05, 4.69) is 4.99 Å². The first kappa shape index (κ1) is 12.9. The molecule has 0 unspecified atom stereocenters. The fourth-order valence-electron chi connectivity index (χ4n) is 1.96. The van der Waals surface area contributed by atoms with Crippen molar-refractivity contribution in [2.45, 2.75) is 58.1 Å². The molecule has 4 nitrogen and oxygen atoms in total. The van der Waals surface area contributed by atoms with Crippen molar-refractivity contribution in [2.24, 2.45) is 10.9 Å². The smallest absolute Gasteiger partial charge is 0.332 e. The average Bonchev–Trinajstić information content (AvgIpc) is 2.69. The molecule has 0 amide bonds. The molecule has 90 valence electrons. The van der Waals surface area contributed by atoms with Crippen LogP contribution in [-0.4, -0.2) is 24.2 Å². The highest BCUT2D eigenvalue weighted by atomic mass is 16.5. The fourth-order valence-corrected chi connectivity index (χ4v) is 1.96. The number of esters is 1. The zero-order valence-electron chi connectivity index (χ0n) is 9.94. The summed E-state index contributed by atoms with van der Waals surface area (Å²) in [7, 11) is 0. The molecule has 0 spiro atoms. The number of aliphatic imine (C=N–C) groups is 1. The standard InChI is InChI=1S/C12H19NO3/c1-9(2)7-11(13-8-14)12(15)16-10-5-3-4-6-10/h9-11H,3-7H2,1-2H3/t11-/m1/s1. The third-order valence-electron chi connectivity index (χ3n) is 2.76. The SMILES string of the molecule is CC(C)C[C@@H](N=C=O)C(=O)OC1CCCC1. The minimum atomic E-state index is -0.668. The van der Waals surface area contributed by atoms with Crippen LogP contribution in [0, 0.1) is 5.92 Å². The van der Waals surface area contributed by atoms with E-state index in [0.29, 0.717) is 12.3 Å². The van der Waals surface area contributed by atoms with Crippen molar-refractivity contribution >= 4 is 12.0 Å². The molecule has 0 heterocycles. The highest BCUT2D eigenvalue weighted by Crippen LogP contribution is 2.22. The van der Waals surface area contributed by atoms with Gasteiger partial charge in [0.25, 0.3) is 0 Å². The molecule has 0 N–H and O–H groups in total. The van der Waals surface area contributed by atoms with Crippen LogP contribution in [0.3, 0.4) is 0 Å². The van der Waals surface area contributed by atoms with E-state index in [1.807, 2.05) is 13.8 Å². The molecule has 16 heavy (non-hydrogen) atoms. The van der Waals surface area contributed by atoms with E-state index in [1.54, 1.807) is 0 Å². The van der Waals surface area contributed by atoms with Crippen molar-refractivity contribution in [3.8, 4) is 0 Å². The van der Waals surface area contributed by atoms with Crippen molar-refractivity contribution in [1.29, 1.82) is 0 Å². The second-order valence-corrected chi connectivity index (χ2v) is 4.71. The van der Waals surface area contributed by atoms with Crippen LogP contribution >= 0.6 is 0 Å². The summed E-state index contributed by atoms with van der Waals surface area (Å²) in [5.41, 5.74) is 0. The van der Waals surface area contributed by atoms with Gasteiger partial charge in [0.1, 0.15) is 6.10 Å². The van der Waals surface area contributed by atoms with Gasteiger partial charge >= 0.3 is 5.97 Å². The Morgan fingerprint density at radius 3 is 2.56 bits per heavy atom. The largest absolute Gasteiger partial charge is 0.461 e. The first-order valence-electron chi connectivity index (χ1n) is 5.91. The van der Waals surface area contributed by atoms with Crippen LogP contribution in [0.15, 0.2) is 4.99 Å². The third kappa shape index (κ3) is 4.15. The lowest BCUT2D eigenvalue weighted by Crippen LogP contribution is -2.27. The molecule has 1 atom stereocenters. The molecule has 0 aliphatic heterocycles. The zero-order chi connectivity index (χ0) is 12.0. The van der Waals surface area contributed by atoms with Gasteiger partial charge in [-0.15, -0.1) is 0 Å². The lowest BCUT2D eigenvalue weighted by molar-refractivity contribution is -0.150. The van der Waals surface area contributed by atoms with Crippen molar-refractivity contribution in [1.82, 2.24) is 0 Å². The van der Waals surface area contributed by atoms with Gasteiger partial charge in [-0.3, -0.25) is 0 Å². The number of carbonyl (C=O) groups is 1. The summed E-state index contributed by atoms with van der Waals surface area (Å²) in [6.45, 7) is 3.96. The van der Waals surface area contributed by atoms with E-state index < -0.39 is 6.04 Å². The van der Waals surface area contributed by atoms with Gasteiger partial charge in [0, 0.05) is 0 Å². The van der Waals surface area contributed by atoms with Gasteiger partial charge in [-0.05, 0) is 38.0 Å². The van der Waals surface area contributed by atoms with Gasteiger partial charge < -0.3 is 4.74 Å². The number of rotatable bonds is 5. The summed E-state index contributed by atoms with van der Waals surface area (Å²) in [5, 5.41) is 0. The Morgan fingerprint density at radius 2 is 2.06 bits per heavy atom. The molecule has 0 aromatic heterocycles. The Hall–Kier alpha value is -1.15. The van der Waals surface area contributed by atoms with Crippen molar-refractivity contribution < 1.29 is 14.3 Å². The molecule has 0 radical (unpaired) electrons. The predicted octanol–water partition coefficient (Wildman–Crippen LogP) is 2.22. The molecule has 0 aromatic rings. The van der Waals surface area contributed by atoms with E-state index >= 15 is 0 Å². The Kier molecular flexibility index (Phi) is 5.20. The van der Waals surface area contributed by atoms with Crippen molar-refractivity contribution in [2.75, 3.05) is 0 Å². The first-order valence-corrected chi connectivity index (χ1v) is 5.91. The zero-order valence-corrected chi connectivity index (χ0v) is 9.94. The highest BCUT2D eigenvalue weighted by Gasteiger charge is 2.25. The van der Waals surface area contributed by atoms with Gasteiger partial charge in [0.2, 0.25) is 6.08 Å². The average molecular weight is 225 g/mol. The van der Waals surface area contributed by atoms with Gasteiger partial charge in [-0.2, -0.15) is 4.99 Å². The van der Waals surface area contributed by atoms with Gasteiger partial charge in [-0.1, -0.05) is 13.8 Å². The minimum Gasteiger partial charge on any atom is -0.461 e. The molecule has 4 heteroatoms. The van der Waals surface area contributed by atoms with Crippen molar-refractivity contribution in [3.63, 3.8) is 0 Å². The number of ether oxygens (including phenoxy) is 1. The fraction of sp³-hybridized carbons (Fsp3) is 0.833. The molecule has 1 aliphatic carbocycles. The van der Waals surface area contributed by atoms with Crippen LogP contribution in [0.25, 0.3) is 0 Å². The van der Waals surface area contributed by atoms with Gasteiger partial charge in [0.05, 0.1) is 0 Å². The molecule has 1 fully saturated rings. The number of carbonyl (C=O) groups excluding carboxylic acids is 2. The summed E-state index contributed by atoms with van der Waals surface area (Å²) in [5.74, 6) is -0.0674. The van der Waals surface area contributed by atoms with Crippen LogP contribution in [0.4, 0.5) is 0 Å². The Labute approximate surface area is 96.1 Å². The van der Waals surface area contributed by atoms with E-state index in [0.717, 1.165) is 25.7 Å². The molecule has 0 saturated heterocycles. The predicted molar refractivity (Wildman–Crippen MR) is 59.7 cm³/mol. The summed E-state index contributed by atoms with van der Waals surface area (Å²) >= 11 is 0. The van der Waals surface area contributed by atoms with E-state index in [1.165, 1.54) is 6.08 Å². The minimum absolute atomic E-state index is 0.0315. The summed E-state index contributed by atoms with van der Waals surface area (Å²) in [6, 6.07) is -0.668. The second-order valence-electron chi connectivity index (χ2n) is 4.71. The maximum absolute atomic E-state index is 11.7.